The molecule has 7 nitrogen and oxygen atoms in total. The molecule has 0 unspecified atom stereocenters. The van der Waals surface area contributed by atoms with E-state index in [1.807, 2.05) is 6.92 Å². The van der Waals surface area contributed by atoms with Gasteiger partial charge in [-0.25, -0.2) is 0 Å². The van der Waals surface area contributed by atoms with Gasteiger partial charge in [0.2, 0.25) is 5.78 Å². The Labute approximate surface area is 188 Å². The molecule has 0 radical (unpaired) electrons. The van der Waals surface area contributed by atoms with Gasteiger partial charge in [0.25, 0.3) is 0 Å². The Balaban J connectivity index is 1.73. The lowest BCUT2D eigenvalue weighted by atomic mass is 9.45. The average molecular weight is 445 g/mol. The maximum atomic E-state index is 13.6. The van der Waals surface area contributed by atoms with Crippen LogP contribution in [0.15, 0.2) is 11.6 Å². The molecule has 7 heteroatoms. The molecule has 4 aliphatic carbocycles. The SMILES string of the molecule is CCC(=O)OCC(=O)[C@@]1(O)[C@H](C)C[C@H]2[C@@H]3C(=O)CC4=CC(=O)CC[C@]4(C)[C@H]3C(=O)C[C@@]21C. The van der Waals surface area contributed by atoms with Crippen LogP contribution in [0.5, 0.6) is 0 Å². The van der Waals surface area contributed by atoms with E-state index in [4.69, 9.17) is 4.74 Å². The van der Waals surface area contributed by atoms with E-state index in [0.717, 1.165) is 5.57 Å². The maximum absolute atomic E-state index is 13.6. The third-order valence-corrected chi connectivity index (χ3v) is 9.15. The highest BCUT2D eigenvalue weighted by Crippen LogP contribution is 2.67. The lowest BCUT2D eigenvalue weighted by molar-refractivity contribution is -0.179. The summed E-state index contributed by atoms with van der Waals surface area (Å²) in [5, 5.41) is 11.7. The van der Waals surface area contributed by atoms with Gasteiger partial charge in [0.1, 0.15) is 17.2 Å². The van der Waals surface area contributed by atoms with E-state index < -0.39 is 52.5 Å². The van der Waals surface area contributed by atoms with Crippen LogP contribution in [0.4, 0.5) is 0 Å². The minimum absolute atomic E-state index is 0.00657. The highest BCUT2D eigenvalue weighted by Gasteiger charge is 2.72. The van der Waals surface area contributed by atoms with E-state index in [1.165, 1.54) is 0 Å². The van der Waals surface area contributed by atoms with Crippen molar-refractivity contribution in [3.63, 3.8) is 0 Å². The van der Waals surface area contributed by atoms with Crippen molar-refractivity contribution in [2.24, 2.45) is 34.5 Å². The highest BCUT2D eigenvalue weighted by atomic mass is 16.5. The van der Waals surface area contributed by atoms with Crippen molar-refractivity contribution in [1.29, 1.82) is 0 Å². The molecule has 7 atom stereocenters. The second-order valence-electron chi connectivity index (χ2n) is 10.7. The number of hydrogen-bond donors (Lipinski definition) is 1. The first-order valence-electron chi connectivity index (χ1n) is 11.6. The lowest BCUT2D eigenvalue weighted by Crippen LogP contribution is -2.63. The normalized spacial score (nSPS) is 43.2. The second-order valence-corrected chi connectivity index (χ2v) is 10.7. The van der Waals surface area contributed by atoms with Gasteiger partial charge in [0.05, 0.1) is 0 Å². The number of rotatable bonds is 4. The van der Waals surface area contributed by atoms with Gasteiger partial charge >= 0.3 is 5.97 Å². The number of Topliss-reactive ketones (excluding diaryl/α,β-unsaturated/α-hetero) is 3. The Kier molecular flexibility index (Phi) is 5.35. The molecule has 0 aromatic rings. The molecule has 0 spiro atoms. The van der Waals surface area contributed by atoms with Crippen LogP contribution in [-0.4, -0.2) is 46.4 Å². The topological polar surface area (TPSA) is 115 Å². The van der Waals surface area contributed by atoms with E-state index in [0.29, 0.717) is 19.3 Å². The number of ketones is 4. The Hall–Kier alpha value is -2.15. The summed E-state index contributed by atoms with van der Waals surface area (Å²) >= 11 is 0. The lowest BCUT2D eigenvalue weighted by Gasteiger charge is -2.56. The van der Waals surface area contributed by atoms with Crippen LogP contribution in [0.3, 0.4) is 0 Å². The number of ether oxygens (including phenoxy) is 1. The molecular formula is C25H32O7. The zero-order valence-corrected chi connectivity index (χ0v) is 19.2. The molecule has 32 heavy (non-hydrogen) atoms. The molecular weight excluding hydrogens is 412 g/mol. The van der Waals surface area contributed by atoms with Crippen molar-refractivity contribution in [3.8, 4) is 0 Å². The van der Waals surface area contributed by atoms with Gasteiger partial charge in [-0.1, -0.05) is 33.3 Å². The van der Waals surface area contributed by atoms with E-state index in [1.54, 1.807) is 26.8 Å². The second kappa shape index (κ2) is 7.44. The van der Waals surface area contributed by atoms with Gasteiger partial charge in [-0.05, 0) is 30.8 Å². The summed E-state index contributed by atoms with van der Waals surface area (Å²) in [6, 6.07) is 0. The first-order chi connectivity index (χ1) is 14.9. The third-order valence-electron chi connectivity index (χ3n) is 9.15. The smallest absolute Gasteiger partial charge is 0.305 e. The summed E-state index contributed by atoms with van der Waals surface area (Å²) in [4.78, 5) is 63.7. The quantitative estimate of drug-likeness (QED) is 0.662. The van der Waals surface area contributed by atoms with Crippen LogP contribution in [-0.2, 0) is 28.7 Å². The molecule has 174 valence electrons. The average Bonchev–Trinajstić information content (AvgIpc) is 2.93. The minimum atomic E-state index is -1.86. The molecule has 0 saturated heterocycles. The Morgan fingerprint density at radius 2 is 1.88 bits per heavy atom. The number of carbonyl (C=O) groups is 5. The third kappa shape index (κ3) is 2.93. The standard InChI is InChI=1S/C25H32O7/c1-5-20(30)32-12-19(29)25(31)13(2)8-16-21-17(27)10-14-9-15(26)6-7-23(14,3)22(21)18(28)11-24(16,25)4/h9,13,16,21-22,31H,5-8,10-12H2,1-4H3/t13-,16+,21-,22+,23+,24+,25+/m1/s1. The zero-order chi connectivity index (χ0) is 23.6. The van der Waals surface area contributed by atoms with E-state index in [9.17, 15) is 29.1 Å². The maximum Gasteiger partial charge on any atom is 0.305 e. The number of allylic oxidation sites excluding steroid dienone is 1. The predicted octanol–water partition coefficient (Wildman–Crippen LogP) is 2.38. The monoisotopic (exact) mass is 444 g/mol. The van der Waals surface area contributed by atoms with E-state index in [-0.39, 0.29) is 42.5 Å². The van der Waals surface area contributed by atoms with Gasteiger partial charge in [-0.3, -0.25) is 24.0 Å². The Morgan fingerprint density at radius 3 is 2.53 bits per heavy atom. The van der Waals surface area contributed by atoms with Gasteiger partial charge < -0.3 is 9.84 Å². The van der Waals surface area contributed by atoms with Crippen molar-refractivity contribution in [3.05, 3.63) is 11.6 Å². The van der Waals surface area contributed by atoms with Crippen molar-refractivity contribution in [2.75, 3.05) is 6.61 Å². The van der Waals surface area contributed by atoms with Gasteiger partial charge in [-0.2, -0.15) is 0 Å². The van der Waals surface area contributed by atoms with Crippen LogP contribution < -0.4 is 0 Å². The summed E-state index contributed by atoms with van der Waals surface area (Å²) in [6.07, 6.45) is 3.12. The fourth-order valence-corrected chi connectivity index (χ4v) is 7.37. The Bertz CT molecular complexity index is 948. The van der Waals surface area contributed by atoms with Crippen LogP contribution in [0.2, 0.25) is 0 Å². The molecule has 0 aromatic carbocycles. The summed E-state index contributed by atoms with van der Waals surface area (Å²) in [6.45, 7) is 6.56. The molecule has 4 rings (SSSR count). The number of fused-ring (bicyclic) bond motifs is 5. The van der Waals surface area contributed by atoms with Gasteiger partial charge in [-0.15, -0.1) is 0 Å². The molecule has 3 saturated carbocycles. The number of carbonyl (C=O) groups excluding carboxylic acids is 5. The zero-order valence-electron chi connectivity index (χ0n) is 19.2. The van der Waals surface area contributed by atoms with Crippen molar-refractivity contribution >= 4 is 29.1 Å². The van der Waals surface area contributed by atoms with Crippen molar-refractivity contribution in [2.45, 2.75) is 71.8 Å². The number of esters is 1. The van der Waals surface area contributed by atoms with Crippen LogP contribution in [0.25, 0.3) is 0 Å². The van der Waals surface area contributed by atoms with Gasteiger partial charge in [0, 0.05) is 48.3 Å². The molecule has 0 aliphatic heterocycles. The summed E-state index contributed by atoms with van der Waals surface area (Å²) < 4.78 is 5.02. The van der Waals surface area contributed by atoms with Crippen LogP contribution >= 0.6 is 0 Å². The largest absolute Gasteiger partial charge is 0.458 e. The van der Waals surface area contributed by atoms with E-state index >= 15 is 0 Å². The molecule has 4 aliphatic rings. The summed E-state index contributed by atoms with van der Waals surface area (Å²) in [5.41, 5.74) is -2.76. The molecule has 1 N–H and O–H groups in total. The first kappa shape index (κ1) is 23.0. The Morgan fingerprint density at radius 1 is 1.19 bits per heavy atom. The summed E-state index contributed by atoms with van der Waals surface area (Å²) in [5.74, 6) is -3.30. The fourth-order valence-electron chi connectivity index (χ4n) is 7.37. The number of hydrogen-bond acceptors (Lipinski definition) is 7. The summed E-state index contributed by atoms with van der Waals surface area (Å²) in [7, 11) is 0. The van der Waals surface area contributed by atoms with Crippen LogP contribution in [0, 0.1) is 34.5 Å². The minimum Gasteiger partial charge on any atom is -0.458 e. The molecule has 0 aromatic heterocycles. The van der Waals surface area contributed by atoms with Gasteiger partial charge in [0.15, 0.2) is 12.4 Å². The molecule has 0 amide bonds. The molecule has 3 fully saturated rings. The highest BCUT2D eigenvalue weighted by molar-refractivity contribution is 6.01. The molecule has 0 bridgehead atoms. The predicted molar refractivity (Wildman–Crippen MR) is 113 cm³/mol. The molecule has 0 heterocycles. The van der Waals surface area contributed by atoms with Crippen molar-refractivity contribution < 1.29 is 33.8 Å². The van der Waals surface area contributed by atoms with Crippen molar-refractivity contribution in [1.82, 2.24) is 0 Å². The van der Waals surface area contributed by atoms with Crippen LogP contribution in [0.1, 0.15) is 66.2 Å². The first-order valence-corrected chi connectivity index (χ1v) is 11.6. The van der Waals surface area contributed by atoms with E-state index in [2.05, 4.69) is 0 Å². The fraction of sp³-hybridized carbons (Fsp3) is 0.720. The number of aliphatic hydroxyl groups is 1.